The number of alkyl halides is 1. The highest BCUT2D eigenvalue weighted by molar-refractivity contribution is 5.75. The van der Waals surface area contributed by atoms with Crippen LogP contribution in [0.4, 0.5) is 30.2 Å². The van der Waals surface area contributed by atoms with E-state index >= 15 is 4.39 Å². The van der Waals surface area contributed by atoms with Crippen molar-refractivity contribution in [3.63, 3.8) is 0 Å². The van der Waals surface area contributed by atoms with E-state index in [0.29, 0.717) is 35.5 Å². The molecule has 4 rings (SSSR count). The van der Waals surface area contributed by atoms with Gasteiger partial charge in [-0.3, -0.25) is 19.4 Å². The van der Waals surface area contributed by atoms with Crippen LogP contribution >= 0.6 is 0 Å². The smallest absolute Gasteiger partial charge is 0.336 e. The Balaban J connectivity index is 2.14. The summed E-state index contributed by atoms with van der Waals surface area (Å²) in [6, 6.07) is 2.95. The third kappa shape index (κ3) is 4.24. The Bertz CT molecular complexity index is 1480. The highest BCUT2D eigenvalue weighted by atomic mass is 19.2. The first-order chi connectivity index (χ1) is 17.1. The number of hydrogen-bond donors (Lipinski definition) is 2. The third-order valence-electron chi connectivity index (χ3n) is 6.33. The van der Waals surface area contributed by atoms with Gasteiger partial charge in [0.1, 0.15) is 5.69 Å². The molecular formula is C25H25F3N6O2. The molecule has 188 valence electrons. The summed E-state index contributed by atoms with van der Waals surface area (Å²) in [7, 11) is 0. The van der Waals surface area contributed by atoms with Crippen molar-refractivity contribution in [3.05, 3.63) is 74.3 Å². The molecule has 0 unspecified atom stereocenters. The van der Waals surface area contributed by atoms with E-state index in [2.05, 4.69) is 10.9 Å². The number of halogens is 3. The molecule has 1 aromatic carbocycles. The van der Waals surface area contributed by atoms with E-state index in [4.69, 9.17) is 18.0 Å². The molecule has 8 nitrogen and oxygen atoms in total. The lowest BCUT2D eigenvalue weighted by Gasteiger charge is -2.35. The number of nitrogens with zero attached hydrogens (tertiary/aromatic N) is 4. The Hall–Kier alpha value is -4.04. The minimum absolute atomic E-state index is 0.0145. The van der Waals surface area contributed by atoms with Crippen molar-refractivity contribution in [1.82, 2.24) is 14.1 Å². The standard InChI is InChI=1S/C25H25F3N6O2/c1-3-9-32-22(25(28)7-5-4-6-8-25)21(34(30)20-12-18(27)17(26)11-19(20)29)23(35)33(24(32)36)16-10-15(2)13-31-14-16/h1,10-14H,4-9,29-30H2,2H3. The van der Waals surface area contributed by atoms with E-state index < -0.39 is 34.2 Å². The van der Waals surface area contributed by atoms with Gasteiger partial charge in [-0.1, -0.05) is 12.3 Å². The number of rotatable bonds is 5. The average Bonchev–Trinajstić information content (AvgIpc) is 2.83. The number of terminal acetylenes is 1. The van der Waals surface area contributed by atoms with Crippen molar-refractivity contribution in [2.45, 2.75) is 51.2 Å². The third-order valence-corrected chi connectivity index (χ3v) is 6.33. The Kier molecular flexibility index (Phi) is 6.65. The van der Waals surface area contributed by atoms with Crippen LogP contribution in [0.25, 0.3) is 5.69 Å². The second-order valence-electron chi connectivity index (χ2n) is 8.85. The van der Waals surface area contributed by atoms with Gasteiger partial charge in [-0.25, -0.2) is 28.4 Å². The number of hydrogen-bond acceptors (Lipinski definition) is 6. The summed E-state index contributed by atoms with van der Waals surface area (Å²) >= 11 is 0. The van der Waals surface area contributed by atoms with Crippen molar-refractivity contribution in [1.29, 1.82) is 0 Å². The minimum Gasteiger partial charge on any atom is -0.397 e. The van der Waals surface area contributed by atoms with Gasteiger partial charge in [-0.05, 0) is 44.2 Å². The quantitative estimate of drug-likeness (QED) is 0.242. The van der Waals surface area contributed by atoms with E-state index in [9.17, 15) is 18.4 Å². The predicted octanol–water partition coefficient (Wildman–Crippen LogP) is 3.34. The molecule has 1 fully saturated rings. The molecule has 1 aliphatic carbocycles. The molecular weight excluding hydrogens is 473 g/mol. The normalized spacial score (nSPS) is 14.9. The summed E-state index contributed by atoms with van der Waals surface area (Å²) in [5.74, 6) is 6.14. The maximum atomic E-state index is 16.6. The van der Waals surface area contributed by atoms with Crippen molar-refractivity contribution in [2.75, 3.05) is 10.7 Å². The molecule has 36 heavy (non-hydrogen) atoms. The number of anilines is 3. The van der Waals surface area contributed by atoms with E-state index in [1.807, 2.05) is 0 Å². The van der Waals surface area contributed by atoms with Crippen LogP contribution < -0.4 is 27.8 Å². The Morgan fingerprint density at radius 3 is 2.44 bits per heavy atom. The SMILES string of the molecule is C#CCn1c(C2(F)CCCCC2)c(N(N)c2cc(F)c(F)cc2N)c(=O)n(-c2cncc(C)c2)c1=O. The number of nitrogens with two attached hydrogens (primary N) is 2. The fourth-order valence-corrected chi connectivity index (χ4v) is 4.67. The van der Waals surface area contributed by atoms with Crippen molar-refractivity contribution in [3.8, 4) is 18.0 Å². The lowest BCUT2D eigenvalue weighted by Crippen LogP contribution is -2.48. The minimum atomic E-state index is -2.13. The molecule has 1 saturated carbocycles. The molecule has 0 radical (unpaired) electrons. The van der Waals surface area contributed by atoms with Gasteiger partial charge in [0.15, 0.2) is 17.3 Å². The monoisotopic (exact) mass is 498 g/mol. The Morgan fingerprint density at radius 2 is 1.81 bits per heavy atom. The zero-order valence-electron chi connectivity index (χ0n) is 19.6. The van der Waals surface area contributed by atoms with Gasteiger partial charge in [0.25, 0.3) is 5.56 Å². The van der Waals surface area contributed by atoms with Crippen LogP contribution in [-0.4, -0.2) is 14.1 Å². The molecule has 0 amide bonds. The number of nitrogen functional groups attached to an aromatic ring is 1. The number of benzene rings is 1. The Labute approximate surface area is 204 Å². The second-order valence-corrected chi connectivity index (χ2v) is 8.85. The van der Waals surface area contributed by atoms with E-state index in [-0.39, 0.29) is 42.1 Å². The Morgan fingerprint density at radius 1 is 1.14 bits per heavy atom. The molecule has 0 saturated heterocycles. The average molecular weight is 499 g/mol. The maximum absolute atomic E-state index is 16.6. The molecule has 4 N–H and O–H groups in total. The molecule has 0 atom stereocenters. The van der Waals surface area contributed by atoms with Crippen LogP contribution in [-0.2, 0) is 12.2 Å². The van der Waals surface area contributed by atoms with E-state index in [1.54, 1.807) is 6.92 Å². The highest BCUT2D eigenvalue weighted by Gasteiger charge is 2.42. The summed E-state index contributed by atoms with van der Waals surface area (Å²) in [6.45, 7) is 1.35. The molecule has 3 aromatic rings. The largest absolute Gasteiger partial charge is 0.397 e. The maximum Gasteiger partial charge on any atom is 0.336 e. The molecule has 1 aliphatic rings. The first-order valence-corrected chi connectivity index (χ1v) is 11.3. The van der Waals surface area contributed by atoms with Crippen molar-refractivity contribution in [2.24, 2.45) is 5.84 Å². The molecule has 0 aliphatic heterocycles. The first kappa shape index (κ1) is 25.1. The number of hydrazine groups is 1. The second kappa shape index (κ2) is 9.54. The molecule has 0 bridgehead atoms. The van der Waals surface area contributed by atoms with Gasteiger partial charge in [0.05, 0.1) is 35.5 Å². The van der Waals surface area contributed by atoms with Gasteiger partial charge in [0, 0.05) is 18.3 Å². The molecule has 2 heterocycles. The van der Waals surface area contributed by atoms with Gasteiger partial charge in [0.2, 0.25) is 0 Å². The zero-order chi connectivity index (χ0) is 26.2. The lowest BCUT2D eigenvalue weighted by atomic mass is 9.82. The number of aromatic nitrogens is 3. The molecule has 2 aromatic heterocycles. The van der Waals surface area contributed by atoms with Crippen LogP contribution in [0, 0.1) is 30.9 Å². The summed E-state index contributed by atoms with van der Waals surface area (Å²) in [4.78, 5) is 31.6. The van der Waals surface area contributed by atoms with Gasteiger partial charge < -0.3 is 5.73 Å². The fourth-order valence-electron chi connectivity index (χ4n) is 4.67. The highest BCUT2D eigenvalue weighted by Crippen LogP contribution is 2.44. The first-order valence-electron chi connectivity index (χ1n) is 11.3. The van der Waals surface area contributed by atoms with Crippen LogP contribution in [0.1, 0.15) is 43.4 Å². The summed E-state index contributed by atoms with van der Waals surface area (Å²) in [5, 5.41) is 0.692. The molecule has 0 spiro atoms. The summed E-state index contributed by atoms with van der Waals surface area (Å²) < 4.78 is 46.3. The summed E-state index contributed by atoms with van der Waals surface area (Å²) in [6.07, 6.45) is 10.2. The van der Waals surface area contributed by atoms with Crippen LogP contribution in [0.5, 0.6) is 0 Å². The van der Waals surface area contributed by atoms with Crippen LogP contribution in [0.15, 0.2) is 40.2 Å². The van der Waals surface area contributed by atoms with Crippen molar-refractivity contribution < 1.29 is 13.2 Å². The van der Waals surface area contributed by atoms with Crippen LogP contribution in [0.3, 0.4) is 0 Å². The number of pyridine rings is 1. The van der Waals surface area contributed by atoms with Crippen LogP contribution in [0.2, 0.25) is 0 Å². The fraction of sp³-hybridized carbons (Fsp3) is 0.320. The van der Waals surface area contributed by atoms with E-state index in [0.717, 1.165) is 15.6 Å². The zero-order valence-corrected chi connectivity index (χ0v) is 19.6. The topological polar surface area (TPSA) is 112 Å². The lowest BCUT2D eigenvalue weighted by molar-refractivity contribution is 0.0953. The van der Waals surface area contributed by atoms with Gasteiger partial charge >= 0.3 is 5.69 Å². The van der Waals surface area contributed by atoms with Gasteiger partial charge in [-0.2, -0.15) is 0 Å². The number of aryl methyl sites for hydroxylation is 1. The van der Waals surface area contributed by atoms with E-state index in [1.165, 1.54) is 18.5 Å². The van der Waals surface area contributed by atoms with Gasteiger partial charge in [-0.15, -0.1) is 6.42 Å². The predicted molar refractivity (Wildman–Crippen MR) is 131 cm³/mol. The molecule has 11 heteroatoms. The summed E-state index contributed by atoms with van der Waals surface area (Å²) in [5.41, 5.74) is 1.30. The van der Waals surface area contributed by atoms with Crippen molar-refractivity contribution >= 4 is 17.1 Å².